The van der Waals surface area contributed by atoms with Crippen molar-refractivity contribution in [2.45, 2.75) is 25.7 Å². The standard InChI is InChI=1S/C9H15Si.4CH3.Ti/c1-10(2,3)8-9-6-4-5-7-9;;;;;/h4-6,9H,8H2,1-3H3;4*1H3;/q5*-1;. The smallest absolute Gasteiger partial charge is 0.0435 e. The summed E-state index contributed by atoms with van der Waals surface area (Å²) in [5, 5.41) is 0. The number of hydrogen-bond acceptors (Lipinski definition) is 0. The SMILES string of the molecule is C[Si](C)(C)CC1[C-]=CC=C1.[CH3-].[CH3-].[CH3-].[CH3-].[Ti]. The fourth-order valence-corrected chi connectivity index (χ4v) is 2.78. The Hall–Kier alpha value is 0.411. The van der Waals surface area contributed by atoms with Gasteiger partial charge in [-0.3, -0.25) is 6.08 Å². The third-order valence-corrected chi connectivity index (χ3v) is 3.25. The maximum atomic E-state index is 3.31. The van der Waals surface area contributed by atoms with Crippen molar-refractivity contribution >= 4 is 8.07 Å². The second-order valence-corrected chi connectivity index (χ2v) is 9.62. The molecule has 0 aromatic heterocycles. The Morgan fingerprint density at radius 1 is 1.07 bits per heavy atom. The summed E-state index contributed by atoms with van der Waals surface area (Å²) in [6, 6.07) is 1.35. The minimum Gasteiger partial charge on any atom is -0.358 e. The molecule has 2 heteroatoms. The number of rotatable bonds is 2. The van der Waals surface area contributed by atoms with Crippen LogP contribution >= 0.6 is 0 Å². The van der Waals surface area contributed by atoms with Gasteiger partial charge in [-0.15, -0.1) is 0 Å². The van der Waals surface area contributed by atoms with E-state index in [1.165, 1.54) is 6.04 Å². The molecule has 0 N–H and O–H groups in total. The maximum Gasteiger partial charge on any atom is 0.0435 e. The third-order valence-electron chi connectivity index (χ3n) is 1.58. The topological polar surface area (TPSA) is 0 Å². The van der Waals surface area contributed by atoms with Gasteiger partial charge >= 0.3 is 0 Å². The first-order chi connectivity index (χ1) is 4.58. The van der Waals surface area contributed by atoms with Crippen LogP contribution in [-0.4, -0.2) is 8.07 Å². The zero-order valence-corrected chi connectivity index (χ0v) is 14.1. The van der Waals surface area contributed by atoms with E-state index in [4.69, 9.17) is 0 Å². The molecule has 15 heavy (non-hydrogen) atoms. The van der Waals surface area contributed by atoms with Gasteiger partial charge in [-0.2, -0.15) is 6.08 Å². The molecule has 0 saturated heterocycles. The summed E-state index contributed by atoms with van der Waals surface area (Å²) < 4.78 is 0. The van der Waals surface area contributed by atoms with Crippen molar-refractivity contribution in [2.24, 2.45) is 5.92 Å². The second kappa shape index (κ2) is 12.5. The summed E-state index contributed by atoms with van der Waals surface area (Å²) in [6.07, 6.45) is 9.69. The van der Waals surface area contributed by atoms with Crippen LogP contribution in [0.4, 0.5) is 0 Å². The monoisotopic (exact) mass is 259 g/mol. The molecule has 0 bridgehead atoms. The molecule has 0 amide bonds. The van der Waals surface area contributed by atoms with Gasteiger partial charge in [0.05, 0.1) is 0 Å². The molecule has 0 aromatic carbocycles. The quantitative estimate of drug-likeness (QED) is 0.499. The zero-order valence-electron chi connectivity index (χ0n) is 11.5. The number of hydrogen-bond donors (Lipinski definition) is 0. The normalized spacial score (nSPS) is 16.1. The Bertz CT molecular complexity index is 154. The summed E-state index contributed by atoms with van der Waals surface area (Å²) in [5.74, 6) is 0.631. The molecule has 0 aromatic rings. The van der Waals surface area contributed by atoms with Crippen LogP contribution in [0.5, 0.6) is 0 Å². The van der Waals surface area contributed by atoms with Gasteiger partial charge in [0.2, 0.25) is 0 Å². The van der Waals surface area contributed by atoms with E-state index >= 15 is 0 Å². The van der Waals surface area contributed by atoms with E-state index in [0.29, 0.717) is 5.92 Å². The molecule has 1 rings (SSSR count). The molecule has 0 fully saturated rings. The number of allylic oxidation sites excluding steroid dienone is 4. The van der Waals surface area contributed by atoms with Gasteiger partial charge in [0.15, 0.2) is 0 Å². The van der Waals surface area contributed by atoms with Gasteiger partial charge in [-0.05, 0) is 0 Å². The Balaban J connectivity index is -0.0000000667. The van der Waals surface area contributed by atoms with Gasteiger partial charge in [0.1, 0.15) is 0 Å². The van der Waals surface area contributed by atoms with Gasteiger partial charge < -0.3 is 29.7 Å². The first-order valence-electron chi connectivity index (χ1n) is 3.84. The van der Waals surface area contributed by atoms with Crippen molar-refractivity contribution in [1.29, 1.82) is 0 Å². The molecule has 0 spiro atoms. The molecule has 0 aliphatic heterocycles. The summed E-state index contributed by atoms with van der Waals surface area (Å²) in [5.41, 5.74) is 0. The molecule has 1 atom stereocenters. The summed E-state index contributed by atoms with van der Waals surface area (Å²) in [7, 11) is -0.856. The van der Waals surface area contributed by atoms with Crippen molar-refractivity contribution in [2.75, 3.05) is 0 Å². The molecule has 0 heterocycles. The van der Waals surface area contributed by atoms with E-state index in [2.05, 4.69) is 37.9 Å². The maximum absolute atomic E-state index is 3.31. The molecule has 92 valence electrons. The fourth-order valence-electron chi connectivity index (χ4n) is 1.21. The first-order valence-corrected chi connectivity index (χ1v) is 7.55. The average Bonchev–Trinajstić information content (AvgIpc) is 2.12. The molecular formula is C13H27SiTi-5. The van der Waals surface area contributed by atoms with E-state index < -0.39 is 8.07 Å². The zero-order chi connectivity index (χ0) is 7.61. The Kier molecular flexibility index (Phi) is 24.6. The van der Waals surface area contributed by atoms with Crippen LogP contribution in [0.1, 0.15) is 0 Å². The predicted molar refractivity (Wildman–Crippen MR) is 74.3 cm³/mol. The van der Waals surface area contributed by atoms with E-state index in [0.717, 1.165) is 0 Å². The molecule has 0 radical (unpaired) electrons. The van der Waals surface area contributed by atoms with Crippen LogP contribution in [-0.2, 0) is 21.7 Å². The molecular weight excluding hydrogens is 232 g/mol. The van der Waals surface area contributed by atoms with Crippen LogP contribution in [0, 0.1) is 41.7 Å². The minimum absolute atomic E-state index is 0. The van der Waals surface area contributed by atoms with E-state index in [-0.39, 0.29) is 51.4 Å². The molecule has 0 nitrogen and oxygen atoms in total. The van der Waals surface area contributed by atoms with Gasteiger partial charge in [-0.1, -0.05) is 31.6 Å². The van der Waals surface area contributed by atoms with Gasteiger partial charge in [0.25, 0.3) is 0 Å². The first kappa shape index (κ1) is 29.5. The van der Waals surface area contributed by atoms with Crippen molar-refractivity contribution in [1.82, 2.24) is 0 Å². The van der Waals surface area contributed by atoms with Crippen LogP contribution in [0.25, 0.3) is 0 Å². The van der Waals surface area contributed by atoms with Crippen LogP contribution < -0.4 is 0 Å². The Labute approximate surface area is 115 Å². The van der Waals surface area contributed by atoms with Crippen molar-refractivity contribution in [3.63, 3.8) is 0 Å². The van der Waals surface area contributed by atoms with E-state index in [1.54, 1.807) is 0 Å². The summed E-state index contributed by atoms with van der Waals surface area (Å²) in [6.45, 7) is 7.21. The van der Waals surface area contributed by atoms with Crippen molar-refractivity contribution in [3.05, 3.63) is 54.0 Å². The molecule has 1 unspecified atom stereocenters. The van der Waals surface area contributed by atoms with Crippen LogP contribution in [0.2, 0.25) is 25.7 Å². The van der Waals surface area contributed by atoms with Crippen molar-refractivity contribution < 1.29 is 21.7 Å². The van der Waals surface area contributed by atoms with Crippen LogP contribution in [0.15, 0.2) is 18.2 Å². The largest absolute Gasteiger partial charge is 0.358 e. The fraction of sp³-hybridized carbons (Fsp3) is 0.385. The second-order valence-electron chi connectivity index (χ2n) is 4.09. The summed E-state index contributed by atoms with van der Waals surface area (Å²) in [4.78, 5) is 0. The van der Waals surface area contributed by atoms with E-state index in [1.807, 2.05) is 6.08 Å². The minimum atomic E-state index is -0.856. The predicted octanol–water partition coefficient (Wildman–Crippen LogP) is 4.67. The Morgan fingerprint density at radius 2 is 1.53 bits per heavy atom. The third kappa shape index (κ3) is 14.4. The average molecular weight is 259 g/mol. The van der Waals surface area contributed by atoms with Gasteiger partial charge in [0, 0.05) is 29.8 Å². The van der Waals surface area contributed by atoms with E-state index in [9.17, 15) is 0 Å². The Morgan fingerprint density at radius 3 is 1.80 bits per heavy atom. The molecule has 1 aliphatic rings. The molecule has 1 aliphatic carbocycles. The van der Waals surface area contributed by atoms with Crippen LogP contribution in [0.3, 0.4) is 0 Å². The van der Waals surface area contributed by atoms with Crippen molar-refractivity contribution in [3.8, 4) is 0 Å². The van der Waals surface area contributed by atoms with Gasteiger partial charge in [-0.25, -0.2) is 12.2 Å². The molecule has 0 saturated carbocycles. The summed E-state index contributed by atoms with van der Waals surface area (Å²) >= 11 is 0.